The fourth-order valence-corrected chi connectivity index (χ4v) is 2.73. The molecule has 3 rings (SSSR count). The maximum Gasteiger partial charge on any atom is 0.338 e. The van der Waals surface area contributed by atoms with Crippen LogP contribution in [0, 0.1) is 0 Å². The molecule has 22 heavy (non-hydrogen) atoms. The molecule has 6 nitrogen and oxygen atoms in total. The van der Waals surface area contributed by atoms with Crippen LogP contribution >= 0.6 is 0 Å². The van der Waals surface area contributed by atoms with Gasteiger partial charge in [-0.3, -0.25) is 0 Å². The summed E-state index contributed by atoms with van der Waals surface area (Å²) in [6, 6.07) is 9.47. The Bertz CT molecular complexity index is 721. The van der Waals surface area contributed by atoms with Gasteiger partial charge in [0.1, 0.15) is 12.4 Å². The van der Waals surface area contributed by atoms with Gasteiger partial charge in [0, 0.05) is 12.7 Å². The highest BCUT2D eigenvalue weighted by Crippen LogP contribution is 2.37. The number of ether oxygens (including phenoxy) is 1. The number of aromatic nitrogens is 3. The summed E-state index contributed by atoms with van der Waals surface area (Å²) in [5, 5.41) is 4.31. The molecule has 0 spiro atoms. The molecule has 1 atom stereocenters. The van der Waals surface area contributed by atoms with Crippen molar-refractivity contribution in [3.8, 4) is 0 Å². The van der Waals surface area contributed by atoms with Crippen LogP contribution in [-0.2, 0) is 9.53 Å². The summed E-state index contributed by atoms with van der Waals surface area (Å²) in [4.78, 5) is 18.7. The van der Waals surface area contributed by atoms with Gasteiger partial charge in [0.05, 0.1) is 12.2 Å². The van der Waals surface area contributed by atoms with E-state index in [9.17, 15) is 4.79 Å². The number of esters is 1. The molecule has 1 aromatic carbocycles. The Morgan fingerprint density at radius 2 is 2.05 bits per heavy atom. The van der Waals surface area contributed by atoms with Crippen LogP contribution in [0.4, 0.5) is 5.95 Å². The highest BCUT2D eigenvalue weighted by molar-refractivity contribution is 5.92. The smallest absolute Gasteiger partial charge is 0.338 e. The number of hydrogen-bond donors (Lipinski definition) is 0. The third-order valence-electron chi connectivity index (χ3n) is 3.88. The summed E-state index contributed by atoms with van der Waals surface area (Å²) in [6.45, 7) is 4.05. The second kappa shape index (κ2) is 5.63. The van der Waals surface area contributed by atoms with Gasteiger partial charge in [0.25, 0.3) is 0 Å². The van der Waals surface area contributed by atoms with Crippen molar-refractivity contribution in [1.82, 2.24) is 14.8 Å². The van der Waals surface area contributed by atoms with E-state index in [0.29, 0.717) is 18.1 Å². The van der Waals surface area contributed by atoms with E-state index in [1.807, 2.05) is 49.2 Å². The predicted molar refractivity (Wildman–Crippen MR) is 82.3 cm³/mol. The SMILES string of the molecule is CCOC(=O)C1=C(C)N(C)c2ncnn2C1c1ccccc1. The number of allylic oxidation sites excluding steroid dienone is 1. The molecule has 0 N–H and O–H groups in total. The van der Waals surface area contributed by atoms with Crippen LogP contribution in [-0.4, -0.2) is 34.4 Å². The molecule has 1 aliphatic rings. The lowest BCUT2D eigenvalue weighted by atomic mass is 9.95. The maximum atomic E-state index is 12.5. The van der Waals surface area contributed by atoms with E-state index < -0.39 is 0 Å². The molecule has 0 saturated carbocycles. The molecule has 0 fully saturated rings. The third-order valence-corrected chi connectivity index (χ3v) is 3.88. The van der Waals surface area contributed by atoms with Gasteiger partial charge in [-0.2, -0.15) is 10.1 Å². The summed E-state index contributed by atoms with van der Waals surface area (Å²) in [5.74, 6) is 0.390. The molecule has 0 radical (unpaired) electrons. The van der Waals surface area contributed by atoms with E-state index in [2.05, 4.69) is 10.1 Å². The van der Waals surface area contributed by atoms with Gasteiger partial charge in [-0.25, -0.2) is 9.48 Å². The molecular weight excluding hydrogens is 280 g/mol. The number of fused-ring (bicyclic) bond motifs is 1. The van der Waals surface area contributed by atoms with Gasteiger partial charge < -0.3 is 9.64 Å². The van der Waals surface area contributed by atoms with Gasteiger partial charge in [-0.05, 0) is 19.4 Å². The zero-order valence-corrected chi connectivity index (χ0v) is 12.9. The van der Waals surface area contributed by atoms with E-state index in [-0.39, 0.29) is 12.0 Å². The first-order valence-corrected chi connectivity index (χ1v) is 7.21. The summed E-state index contributed by atoms with van der Waals surface area (Å²) in [7, 11) is 1.87. The fraction of sp³-hybridized carbons (Fsp3) is 0.312. The van der Waals surface area contributed by atoms with E-state index in [1.54, 1.807) is 11.6 Å². The van der Waals surface area contributed by atoms with Crippen LogP contribution in [0.25, 0.3) is 0 Å². The average molecular weight is 298 g/mol. The Hall–Kier alpha value is -2.63. The molecule has 2 aromatic rings. The summed E-state index contributed by atoms with van der Waals surface area (Å²) >= 11 is 0. The van der Waals surface area contributed by atoms with Crippen molar-refractivity contribution < 1.29 is 9.53 Å². The average Bonchev–Trinajstić information content (AvgIpc) is 3.01. The van der Waals surface area contributed by atoms with Crippen molar-refractivity contribution in [2.24, 2.45) is 0 Å². The lowest BCUT2D eigenvalue weighted by molar-refractivity contribution is -0.139. The maximum absolute atomic E-state index is 12.5. The largest absolute Gasteiger partial charge is 0.463 e. The van der Waals surface area contributed by atoms with Gasteiger partial charge in [0.2, 0.25) is 5.95 Å². The summed E-state index contributed by atoms with van der Waals surface area (Å²) in [6.07, 6.45) is 1.50. The first kappa shape index (κ1) is 14.3. The standard InChI is InChI=1S/C16H18N4O2/c1-4-22-15(21)13-11(2)19(3)16-17-10-18-20(16)14(13)12-8-6-5-7-9-12/h5-10,14H,4H2,1-3H3. The number of carbonyl (C=O) groups is 1. The van der Waals surface area contributed by atoms with Gasteiger partial charge in [0.15, 0.2) is 0 Å². The molecule has 0 amide bonds. The number of nitrogens with zero attached hydrogens (tertiary/aromatic N) is 4. The van der Waals surface area contributed by atoms with Crippen LogP contribution in [0.2, 0.25) is 0 Å². The van der Waals surface area contributed by atoms with E-state index in [4.69, 9.17) is 4.74 Å². The van der Waals surface area contributed by atoms with Crippen LogP contribution < -0.4 is 4.90 Å². The van der Waals surface area contributed by atoms with Crippen molar-refractivity contribution in [3.63, 3.8) is 0 Å². The van der Waals surface area contributed by atoms with Crippen LogP contribution in [0.1, 0.15) is 25.5 Å². The normalized spacial score (nSPS) is 17.4. The van der Waals surface area contributed by atoms with Crippen molar-refractivity contribution in [1.29, 1.82) is 0 Å². The highest BCUT2D eigenvalue weighted by atomic mass is 16.5. The number of rotatable bonds is 3. The lowest BCUT2D eigenvalue weighted by Crippen LogP contribution is -2.34. The number of benzene rings is 1. The fourth-order valence-electron chi connectivity index (χ4n) is 2.73. The van der Waals surface area contributed by atoms with Crippen LogP contribution in [0.5, 0.6) is 0 Å². The third kappa shape index (κ3) is 2.16. The molecular formula is C16H18N4O2. The van der Waals surface area contributed by atoms with E-state index in [1.165, 1.54) is 6.33 Å². The van der Waals surface area contributed by atoms with Gasteiger partial charge in [-0.15, -0.1) is 0 Å². The monoisotopic (exact) mass is 298 g/mol. The molecule has 114 valence electrons. The Kier molecular flexibility index (Phi) is 3.66. The zero-order valence-electron chi connectivity index (χ0n) is 12.9. The molecule has 1 unspecified atom stereocenters. The van der Waals surface area contributed by atoms with Gasteiger partial charge in [-0.1, -0.05) is 30.3 Å². The number of hydrogen-bond acceptors (Lipinski definition) is 5. The first-order chi connectivity index (χ1) is 10.6. The number of anilines is 1. The predicted octanol–water partition coefficient (Wildman–Crippen LogP) is 2.15. The molecule has 2 heterocycles. The minimum atomic E-state index is -0.325. The minimum absolute atomic E-state index is 0.318. The lowest BCUT2D eigenvalue weighted by Gasteiger charge is -2.33. The Labute approximate surface area is 129 Å². The summed E-state index contributed by atoms with van der Waals surface area (Å²) in [5.41, 5.74) is 2.39. The van der Waals surface area contributed by atoms with Crippen LogP contribution in [0.3, 0.4) is 0 Å². The van der Waals surface area contributed by atoms with Crippen LogP contribution in [0.15, 0.2) is 47.9 Å². The van der Waals surface area contributed by atoms with Crippen molar-refractivity contribution in [3.05, 3.63) is 53.5 Å². The van der Waals surface area contributed by atoms with E-state index in [0.717, 1.165) is 11.3 Å². The Morgan fingerprint density at radius 1 is 1.32 bits per heavy atom. The first-order valence-electron chi connectivity index (χ1n) is 7.21. The zero-order chi connectivity index (χ0) is 15.7. The quantitative estimate of drug-likeness (QED) is 0.813. The molecule has 1 aliphatic heterocycles. The molecule has 0 saturated heterocycles. The second-order valence-corrected chi connectivity index (χ2v) is 5.10. The minimum Gasteiger partial charge on any atom is -0.463 e. The summed E-state index contributed by atoms with van der Waals surface area (Å²) < 4.78 is 7.02. The van der Waals surface area contributed by atoms with Crippen molar-refractivity contribution in [2.45, 2.75) is 19.9 Å². The molecule has 6 heteroatoms. The highest BCUT2D eigenvalue weighted by Gasteiger charge is 2.36. The Balaban J connectivity index is 2.19. The molecule has 0 aliphatic carbocycles. The van der Waals surface area contributed by atoms with Crippen molar-refractivity contribution >= 4 is 11.9 Å². The number of carbonyl (C=O) groups excluding carboxylic acids is 1. The molecule has 1 aromatic heterocycles. The molecule has 0 bridgehead atoms. The van der Waals surface area contributed by atoms with Gasteiger partial charge >= 0.3 is 5.97 Å². The second-order valence-electron chi connectivity index (χ2n) is 5.10. The topological polar surface area (TPSA) is 60.2 Å². The van der Waals surface area contributed by atoms with Crippen molar-refractivity contribution in [2.75, 3.05) is 18.6 Å². The van der Waals surface area contributed by atoms with E-state index >= 15 is 0 Å². The Morgan fingerprint density at radius 3 is 2.73 bits per heavy atom.